The van der Waals surface area contributed by atoms with Crippen molar-refractivity contribution in [3.05, 3.63) is 0 Å². The summed E-state index contributed by atoms with van der Waals surface area (Å²) in [6.07, 6.45) is 6.76. The van der Waals surface area contributed by atoms with Gasteiger partial charge in [-0.1, -0.05) is 32.0 Å². The highest BCUT2D eigenvalue weighted by atomic mass is 32.1. The molecule has 2 rings (SSSR count). The summed E-state index contributed by atoms with van der Waals surface area (Å²) in [5.41, 5.74) is 5.14. The average molecular weight is 254 g/mol. The first kappa shape index (κ1) is 12.8. The molecule has 2 aliphatic rings. The standard InChI is InChI=1S/C13H22N2OS/c1-9-3-2-4-10(7-9)8-15-12(16)13(5-6-13)11(14)17/h9-10H,2-8H2,1H3,(H2,14,17)(H,15,16). The Morgan fingerprint density at radius 3 is 2.71 bits per heavy atom. The zero-order valence-electron chi connectivity index (χ0n) is 10.5. The van der Waals surface area contributed by atoms with Crippen molar-refractivity contribution in [2.75, 3.05) is 6.54 Å². The van der Waals surface area contributed by atoms with Crippen LogP contribution in [0.25, 0.3) is 0 Å². The van der Waals surface area contributed by atoms with E-state index in [4.69, 9.17) is 18.0 Å². The van der Waals surface area contributed by atoms with Crippen molar-refractivity contribution >= 4 is 23.1 Å². The molecule has 0 radical (unpaired) electrons. The highest BCUT2D eigenvalue weighted by Gasteiger charge is 2.52. The lowest BCUT2D eigenvalue weighted by Crippen LogP contribution is -2.41. The van der Waals surface area contributed by atoms with Crippen LogP contribution in [-0.4, -0.2) is 17.4 Å². The van der Waals surface area contributed by atoms with E-state index < -0.39 is 5.41 Å². The first-order chi connectivity index (χ1) is 8.04. The molecular formula is C13H22N2OS. The maximum atomic E-state index is 12.0. The zero-order chi connectivity index (χ0) is 12.5. The van der Waals surface area contributed by atoms with Crippen molar-refractivity contribution in [1.82, 2.24) is 5.32 Å². The molecule has 0 aliphatic heterocycles. The van der Waals surface area contributed by atoms with Crippen LogP contribution < -0.4 is 11.1 Å². The van der Waals surface area contributed by atoms with Crippen LogP contribution in [0.1, 0.15) is 45.4 Å². The minimum atomic E-state index is -0.490. The van der Waals surface area contributed by atoms with Crippen LogP contribution in [-0.2, 0) is 4.79 Å². The first-order valence-corrected chi connectivity index (χ1v) is 7.03. The van der Waals surface area contributed by atoms with E-state index >= 15 is 0 Å². The topological polar surface area (TPSA) is 55.1 Å². The van der Waals surface area contributed by atoms with Crippen molar-refractivity contribution < 1.29 is 4.79 Å². The Kier molecular flexibility index (Phi) is 3.71. The Balaban J connectivity index is 1.78. The van der Waals surface area contributed by atoms with Crippen molar-refractivity contribution in [3.8, 4) is 0 Å². The average Bonchev–Trinajstić information content (AvgIpc) is 3.07. The first-order valence-electron chi connectivity index (χ1n) is 6.63. The van der Waals surface area contributed by atoms with Crippen LogP contribution in [0.3, 0.4) is 0 Å². The van der Waals surface area contributed by atoms with E-state index in [0.29, 0.717) is 10.9 Å². The number of rotatable bonds is 4. The molecule has 2 saturated carbocycles. The summed E-state index contributed by atoms with van der Waals surface area (Å²) in [6, 6.07) is 0. The van der Waals surface area contributed by atoms with Crippen LogP contribution in [0.2, 0.25) is 0 Å². The van der Waals surface area contributed by atoms with E-state index in [1.807, 2.05) is 0 Å². The van der Waals surface area contributed by atoms with Gasteiger partial charge in [0.25, 0.3) is 0 Å². The third-order valence-corrected chi connectivity index (χ3v) is 4.64. The second-order valence-corrected chi connectivity index (χ2v) is 6.23. The minimum absolute atomic E-state index is 0.0585. The molecule has 0 bridgehead atoms. The molecule has 96 valence electrons. The maximum Gasteiger partial charge on any atom is 0.233 e. The van der Waals surface area contributed by atoms with Gasteiger partial charge >= 0.3 is 0 Å². The number of carbonyl (C=O) groups is 1. The Morgan fingerprint density at radius 2 is 2.18 bits per heavy atom. The summed E-state index contributed by atoms with van der Waals surface area (Å²) in [4.78, 5) is 12.4. The Morgan fingerprint density at radius 1 is 1.47 bits per heavy atom. The largest absolute Gasteiger partial charge is 0.392 e. The van der Waals surface area contributed by atoms with E-state index in [1.54, 1.807) is 0 Å². The minimum Gasteiger partial charge on any atom is -0.392 e. The monoisotopic (exact) mass is 254 g/mol. The molecule has 3 N–H and O–H groups in total. The summed E-state index contributed by atoms with van der Waals surface area (Å²) >= 11 is 4.98. The molecule has 0 saturated heterocycles. The quantitative estimate of drug-likeness (QED) is 0.754. The molecule has 0 aromatic heterocycles. The molecular weight excluding hydrogens is 232 g/mol. The summed E-state index contributed by atoms with van der Waals surface area (Å²) in [6.45, 7) is 3.10. The van der Waals surface area contributed by atoms with Gasteiger partial charge in [-0.25, -0.2) is 0 Å². The fourth-order valence-corrected chi connectivity index (χ4v) is 3.16. The molecule has 0 spiro atoms. The predicted octanol–water partition coefficient (Wildman–Crippen LogP) is 2.00. The van der Waals surface area contributed by atoms with E-state index in [0.717, 1.165) is 25.3 Å². The third-order valence-electron chi connectivity index (χ3n) is 4.25. The number of nitrogens with two attached hydrogens (primary N) is 1. The second-order valence-electron chi connectivity index (χ2n) is 5.79. The van der Waals surface area contributed by atoms with Gasteiger partial charge in [-0.3, -0.25) is 4.79 Å². The number of hydrogen-bond donors (Lipinski definition) is 2. The molecule has 3 nitrogen and oxygen atoms in total. The van der Waals surface area contributed by atoms with Gasteiger partial charge in [0, 0.05) is 6.54 Å². The van der Waals surface area contributed by atoms with Gasteiger partial charge in [-0.15, -0.1) is 0 Å². The highest BCUT2D eigenvalue weighted by Crippen LogP contribution is 2.46. The van der Waals surface area contributed by atoms with Gasteiger partial charge in [0.1, 0.15) is 0 Å². The SMILES string of the molecule is CC1CCCC(CNC(=O)C2(C(N)=S)CC2)C1. The van der Waals surface area contributed by atoms with Crippen LogP contribution in [0.15, 0.2) is 0 Å². The van der Waals surface area contributed by atoms with Crippen LogP contribution in [0, 0.1) is 17.3 Å². The molecule has 2 aliphatic carbocycles. The van der Waals surface area contributed by atoms with E-state index in [9.17, 15) is 4.79 Å². The third kappa shape index (κ3) is 2.79. The molecule has 4 heteroatoms. The van der Waals surface area contributed by atoms with Crippen LogP contribution in [0.5, 0.6) is 0 Å². The highest BCUT2D eigenvalue weighted by molar-refractivity contribution is 7.80. The van der Waals surface area contributed by atoms with Gasteiger partial charge in [0.05, 0.1) is 10.4 Å². The number of thiocarbonyl (C=S) groups is 1. The van der Waals surface area contributed by atoms with Gasteiger partial charge in [-0.2, -0.15) is 0 Å². The summed E-state index contributed by atoms with van der Waals surface area (Å²) in [7, 11) is 0. The van der Waals surface area contributed by atoms with E-state index in [2.05, 4.69) is 12.2 Å². The fourth-order valence-electron chi connectivity index (χ4n) is 2.86. The van der Waals surface area contributed by atoms with E-state index in [1.165, 1.54) is 25.7 Å². The Labute approximate surface area is 109 Å². The van der Waals surface area contributed by atoms with Gasteiger partial charge in [0.2, 0.25) is 5.91 Å². The molecule has 2 atom stereocenters. The Hall–Kier alpha value is -0.640. The molecule has 0 aromatic carbocycles. The van der Waals surface area contributed by atoms with E-state index in [-0.39, 0.29) is 5.91 Å². The summed E-state index contributed by atoms with van der Waals surface area (Å²) < 4.78 is 0. The number of amides is 1. The van der Waals surface area contributed by atoms with Crippen LogP contribution in [0.4, 0.5) is 0 Å². The van der Waals surface area contributed by atoms with Crippen molar-refractivity contribution in [3.63, 3.8) is 0 Å². The predicted molar refractivity (Wildman–Crippen MR) is 72.6 cm³/mol. The van der Waals surface area contributed by atoms with Gasteiger partial charge in [-0.05, 0) is 37.5 Å². The van der Waals surface area contributed by atoms with Crippen molar-refractivity contribution in [1.29, 1.82) is 0 Å². The number of nitrogens with one attached hydrogen (secondary N) is 1. The molecule has 2 unspecified atom stereocenters. The summed E-state index contributed by atoms with van der Waals surface area (Å²) in [5, 5.41) is 3.05. The van der Waals surface area contributed by atoms with Crippen molar-refractivity contribution in [2.45, 2.75) is 45.4 Å². The molecule has 2 fully saturated rings. The molecule has 0 aromatic rings. The molecule has 0 heterocycles. The lowest BCUT2D eigenvalue weighted by molar-refractivity contribution is -0.124. The second kappa shape index (κ2) is 4.92. The van der Waals surface area contributed by atoms with Crippen molar-refractivity contribution in [2.24, 2.45) is 23.0 Å². The lowest BCUT2D eigenvalue weighted by Gasteiger charge is -2.27. The normalized spacial score (nSPS) is 30.6. The molecule has 17 heavy (non-hydrogen) atoms. The maximum absolute atomic E-state index is 12.0. The zero-order valence-corrected chi connectivity index (χ0v) is 11.3. The summed E-state index contributed by atoms with van der Waals surface area (Å²) in [5.74, 6) is 1.50. The Bertz CT molecular complexity index is 325. The van der Waals surface area contributed by atoms with Gasteiger partial charge in [0.15, 0.2) is 0 Å². The smallest absolute Gasteiger partial charge is 0.233 e. The van der Waals surface area contributed by atoms with Crippen LogP contribution >= 0.6 is 12.2 Å². The number of carbonyl (C=O) groups excluding carboxylic acids is 1. The van der Waals surface area contributed by atoms with Gasteiger partial charge < -0.3 is 11.1 Å². The lowest BCUT2D eigenvalue weighted by atomic mass is 9.82. The molecule has 1 amide bonds. The number of hydrogen-bond acceptors (Lipinski definition) is 2. The fraction of sp³-hybridized carbons (Fsp3) is 0.846.